The summed E-state index contributed by atoms with van der Waals surface area (Å²) < 4.78 is 0. The van der Waals surface area contributed by atoms with Gasteiger partial charge >= 0.3 is 0 Å². The molecule has 0 spiro atoms. The van der Waals surface area contributed by atoms with Crippen molar-refractivity contribution in [3.05, 3.63) is 35.4 Å². The number of aliphatic hydroxyl groups excluding tert-OH is 1. The van der Waals surface area contributed by atoms with Gasteiger partial charge in [0.15, 0.2) is 0 Å². The van der Waals surface area contributed by atoms with Crippen LogP contribution in [0.2, 0.25) is 0 Å². The highest BCUT2D eigenvalue weighted by Gasteiger charge is 2.27. The van der Waals surface area contributed by atoms with Crippen molar-refractivity contribution in [3.63, 3.8) is 0 Å². The largest absolute Gasteiger partial charge is 0.387 e. The molecule has 2 unspecified atom stereocenters. The first-order valence-electron chi connectivity index (χ1n) is 6.77. The second-order valence-corrected chi connectivity index (χ2v) is 5.00. The fourth-order valence-corrected chi connectivity index (χ4v) is 2.17. The highest BCUT2D eigenvalue weighted by molar-refractivity contribution is 5.25. The molecule has 1 aliphatic carbocycles. The molecule has 94 valence electrons. The van der Waals surface area contributed by atoms with Crippen LogP contribution in [0.5, 0.6) is 0 Å². The van der Waals surface area contributed by atoms with Crippen molar-refractivity contribution in [2.75, 3.05) is 0 Å². The minimum absolute atomic E-state index is 0.190. The molecule has 0 aliphatic heterocycles. The maximum atomic E-state index is 10.4. The van der Waals surface area contributed by atoms with E-state index in [1.165, 1.54) is 18.4 Å². The van der Waals surface area contributed by atoms with Gasteiger partial charge in [0.1, 0.15) is 0 Å². The molecule has 1 fully saturated rings. The molecule has 2 atom stereocenters. The summed E-state index contributed by atoms with van der Waals surface area (Å²) in [5, 5.41) is 13.9. The fraction of sp³-hybridized carbons (Fsp3) is 0.600. The Morgan fingerprint density at radius 2 is 1.88 bits per heavy atom. The summed E-state index contributed by atoms with van der Waals surface area (Å²) in [5.41, 5.74) is 2.35. The van der Waals surface area contributed by atoms with Gasteiger partial charge in [-0.15, -0.1) is 0 Å². The summed E-state index contributed by atoms with van der Waals surface area (Å²) in [6, 6.07) is 9.17. The molecule has 17 heavy (non-hydrogen) atoms. The average Bonchev–Trinajstić information content (AvgIpc) is 3.19. The lowest BCUT2D eigenvalue weighted by Crippen LogP contribution is -2.35. The monoisotopic (exact) mass is 233 g/mol. The van der Waals surface area contributed by atoms with Crippen molar-refractivity contribution < 1.29 is 5.11 Å². The Kier molecular flexibility index (Phi) is 4.19. The third kappa shape index (κ3) is 3.30. The van der Waals surface area contributed by atoms with E-state index in [9.17, 15) is 5.11 Å². The normalized spacial score (nSPS) is 19.0. The Morgan fingerprint density at radius 1 is 1.24 bits per heavy atom. The molecule has 0 bridgehead atoms. The zero-order chi connectivity index (χ0) is 12.3. The molecule has 0 saturated heterocycles. The lowest BCUT2D eigenvalue weighted by atomic mass is 9.98. The number of benzene rings is 1. The van der Waals surface area contributed by atoms with Gasteiger partial charge in [0.25, 0.3) is 0 Å². The van der Waals surface area contributed by atoms with Gasteiger partial charge in [-0.1, -0.05) is 38.1 Å². The van der Waals surface area contributed by atoms with E-state index >= 15 is 0 Å². The predicted octanol–water partition coefficient (Wildman–Crippen LogP) is 2.81. The minimum Gasteiger partial charge on any atom is -0.387 e. The summed E-state index contributed by atoms with van der Waals surface area (Å²) >= 11 is 0. The number of nitrogens with one attached hydrogen (secondary N) is 1. The van der Waals surface area contributed by atoms with Crippen molar-refractivity contribution in [1.82, 2.24) is 5.32 Å². The number of aliphatic hydroxyl groups is 1. The third-order valence-corrected chi connectivity index (χ3v) is 3.58. The van der Waals surface area contributed by atoms with Crippen LogP contribution in [0, 0.1) is 0 Å². The van der Waals surface area contributed by atoms with Crippen LogP contribution in [-0.2, 0) is 6.42 Å². The van der Waals surface area contributed by atoms with E-state index in [1.54, 1.807) is 0 Å². The molecule has 0 aromatic heterocycles. The first kappa shape index (κ1) is 12.6. The van der Waals surface area contributed by atoms with E-state index in [0.29, 0.717) is 6.04 Å². The summed E-state index contributed by atoms with van der Waals surface area (Å²) in [7, 11) is 0. The van der Waals surface area contributed by atoms with Gasteiger partial charge in [0.2, 0.25) is 0 Å². The molecular formula is C15H23NO. The Morgan fingerprint density at radius 3 is 2.35 bits per heavy atom. The molecule has 2 N–H and O–H groups in total. The van der Waals surface area contributed by atoms with E-state index in [0.717, 1.165) is 18.4 Å². The molecule has 1 aliphatic rings. The molecule has 2 nitrogen and oxygen atoms in total. The van der Waals surface area contributed by atoms with Crippen LogP contribution < -0.4 is 5.32 Å². The topological polar surface area (TPSA) is 32.3 Å². The van der Waals surface area contributed by atoms with Gasteiger partial charge in [-0.05, 0) is 36.8 Å². The smallest absolute Gasteiger partial charge is 0.0942 e. The van der Waals surface area contributed by atoms with Crippen molar-refractivity contribution in [1.29, 1.82) is 0 Å². The molecule has 0 radical (unpaired) electrons. The third-order valence-electron chi connectivity index (χ3n) is 3.58. The number of hydrogen-bond acceptors (Lipinski definition) is 2. The Labute approximate surface area is 104 Å². The fourth-order valence-electron chi connectivity index (χ4n) is 2.17. The van der Waals surface area contributed by atoms with Crippen molar-refractivity contribution in [2.24, 2.45) is 0 Å². The van der Waals surface area contributed by atoms with Crippen LogP contribution in [0.1, 0.15) is 50.3 Å². The maximum absolute atomic E-state index is 10.4. The Bertz CT molecular complexity index is 342. The van der Waals surface area contributed by atoms with Crippen molar-refractivity contribution in [3.8, 4) is 0 Å². The first-order chi connectivity index (χ1) is 8.24. The molecule has 1 aromatic rings. The van der Waals surface area contributed by atoms with Crippen LogP contribution in [-0.4, -0.2) is 17.2 Å². The van der Waals surface area contributed by atoms with E-state index in [2.05, 4.69) is 43.4 Å². The summed E-state index contributed by atoms with van der Waals surface area (Å²) in [5.74, 6) is 0. The van der Waals surface area contributed by atoms with Crippen LogP contribution in [0.15, 0.2) is 24.3 Å². The summed E-state index contributed by atoms with van der Waals surface area (Å²) in [4.78, 5) is 0. The van der Waals surface area contributed by atoms with E-state index in [1.807, 2.05) is 0 Å². The quantitative estimate of drug-likeness (QED) is 0.792. The lowest BCUT2D eigenvalue weighted by molar-refractivity contribution is 0.125. The standard InChI is InChI=1S/C15H23NO/c1-3-11-5-7-12(8-6-11)15(17)14(4-2)16-13-9-10-13/h5-8,13-17H,3-4,9-10H2,1-2H3. The summed E-state index contributed by atoms with van der Waals surface area (Å²) in [6.45, 7) is 4.28. The van der Waals surface area contributed by atoms with E-state index in [4.69, 9.17) is 0 Å². The van der Waals surface area contributed by atoms with Crippen LogP contribution in [0.4, 0.5) is 0 Å². The van der Waals surface area contributed by atoms with Gasteiger partial charge < -0.3 is 10.4 Å². The first-order valence-corrected chi connectivity index (χ1v) is 6.77. The molecular weight excluding hydrogens is 210 g/mol. The van der Waals surface area contributed by atoms with Gasteiger partial charge in [-0.3, -0.25) is 0 Å². The predicted molar refractivity (Wildman–Crippen MR) is 71.0 cm³/mol. The lowest BCUT2D eigenvalue weighted by Gasteiger charge is -2.23. The van der Waals surface area contributed by atoms with Gasteiger partial charge in [0.05, 0.1) is 6.10 Å². The van der Waals surface area contributed by atoms with E-state index < -0.39 is 0 Å². The molecule has 1 aromatic carbocycles. The second kappa shape index (κ2) is 5.65. The Balaban J connectivity index is 2.01. The van der Waals surface area contributed by atoms with Gasteiger partial charge in [-0.2, -0.15) is 0 Å². The van der Waals surface area contributed by atoms with Crippen molar-refractivity contribution >= 4 is 0 Å². The van der Waals surface area contributed by atoms with Crippen molar-refractivity contribution in [2.45, 2.75) is 57.7 Å². The molecule has 0 heterocycles. The molecule has 2 rings (SSSR count). The molecule has 2 heteroatoms. The number of hydrogen-bond donors (Lipinski definition) is 2. The number of rotatable bonds is 6. The zero-order valence-corrected chi connectivity index (χ0v) is 10.8. The minimum atomic E-state index is -0.383. The van der Waals surface area contributed by atoms with E-state index in [-0.39, 0.29) is 12.1 Å². The molecule has 0 amide bonds. The second-order valence-electron chi connectivity index (χ2n) is 5.00. The Hall–Kier alpha value is -0.860. The van der Waals surface area contributed by atoms with Crippen LogP contribution in [0.3, 0.4) is 0 Å². The zero-order valence-electron chi connectivity index (χ0n) is 10.8. The summed E-state index contributed by atoms with van der Waals surface area (Å²) in [6.07, 6.45) is 4.16. The van der Waals surface area contributed by atoms with Gasteiger partial charge in [0, 0.05) is 12.1 Å². The van der Waals surface area contributed by atoms with Gasteiger partial charge in [-0.25, -0.2) is 0 Å². The maximum Gasteiger partial charge on any atom is 0.0942 e. The van der Waals surface area contributed by atoms with Crippen LogP contribution in [0.25, 0.3) is 0 Å². The SMILES string of the molecule is CCc1ccc(C(O)C(CC)NC2CC2)cc1. The average molecular weight is 233 g/mol. The van der Waals surface area contributed by atoms with Crippen LogP contribution >= 0.6 is 0 Å². The highest BCUT2D eigenvalue weighted by atomic mass is 16.3. The molecule has 1 saturated carbocycles. The number of aryl methyl sites for hydroxylation is 1. The highest BCUT2D eigenvalue weighted by Crippen LogP contribution is 2.25.